The van der Waals surface area contributed by atoms with Crippen molar-refractivity contribution >= 4 is 40.6 Å². The number of amides is 1. The maximum atomic E-state index is 11.7. The highest BCUT2D eigenvalue weighted by Gasteiger charge is 2.07. The summed E-state index contributed by atoms with van der Waals surface area (Å²) in [6, 6.07) is 3.67. The Kier molecular flexibility index (Phi) is 3.84. The second-order valence-corrected chi connectivity index (χ2v) is 5.52. The zero-order chi connectivity index (χ0) is 13.1. The molecule has 0 spiro atoms. The van der Waals surface area contributed by atoms with Gasteiger partial charge in [-0.05, 0) is 32.1 Å². The standard InChI is InChI=1S/C12H12ClN3OS/c1-7-12(8(2)16-15-7)14-11(17)6-4-9-3-5-10(13)18-9/h3-6H,1-2H3,(H,14,17)(H,15,16)/b6-4+. The van der Waals surface area contributed by atoms with Crippen LogP contribution in [0.2, 0.25) is 4.34 Å². The van der Waals surface area contributed by atoms with Crippen LogP contribution in [0.3, 0.4) is 0 Å². The fourth-order valence-electron chi connectivity index (χ4n) is 1.48. The van der Waals surface area contributed by atoms with Crippen molar-refractivity contribution in [3.63, 3.8) is 0 Å². The molecule has 0 saturated heterocycles. The summed E-state index contributed by atoms with van der Waals surface area (Å²) in [5.41, 5.74) is 2.34. The Morgan fingerprint density at radius 1 is 1.50 bits per heavy atom. The van der Waals surface area contributed by atoms with E-state index in [0.29, 0.717) is 4.34 Å². The van der Waals surface area contributed by atoms with E-state index in [9.17, 15) is 4.79 Å². The topological polar surface area (TPSA) is 57.8 Å². The average molecular weight is 282 g/mol. The second kappa shape index (κ2) is 5.37. The first-order valence-corrected chi connectivity index (χ1v) is 6.51. The van der Waals surface area contributed by atoms with Crippen LogP contribution in [0.1, 0.15) is 16.3 Å². The van der Waals surface area contributed by atoms with Crippen molar-refractivity contribution in [2.75, 3.05) is 5.32 Å². The van der Waals surface area contributed by atoms with E-state index in [-0.39, 0.29) is 5.91 Å². The molecule has 18 heavy (non-hydrogen) atoms. The van der Waals surface area contributed by atoms with Gasteiger partial charge in [0.25, 0.3) is 0 Å². The Hall–Kier alpha value is -1.59. The normalized spacial score (nSPS) is 11.1. The third-order valence-electron chi connectivity index (χ3n) is 2.37. The molecule has 0 aromatic carbocycles. The van der Waals surface area contributed by atoms with E-state index in [1.807, 2.05) is 19.9 Å². The number of carbonyl (C=O) groups is 1. The highest BCUT2D eigenvalue weighted by atomic mass is 35.5. The number of hydrogen-bond donors (Lipinski definition) is 2. The molecule has 94 valence electrons. The minimum absolute atomic E-state index is 0.188. The summed E-state index contributed by atoms with van der Waals surface area (Å²) in [7, 11) is 0. The van der Waals surface area contributed by atoms with Crippen LogP contribution >= 0.6 is 22.9 Å². The first kappa shape index (κ1) is 12.9. The summed E-state index contributed by atoms with van der Waals surface area (Å²) in [5.74, 6) is -0.188. The van der Waals surface area contributed by atoms with Gasteiger partial charge in [-0.3, -0.25) is 9.89 Å². The number of H-pyrrole nitrogens is 1. The van der Waals surface area contributed by atoms with Crippen molar-refractivity contribution in [2.45, 2.75) is 13.8 Å². The lowest BCUT2D eigenvalue weighted by Crippen LogP contribution is -2.08. The zero-order valence-electron chi connectivity index (χ0n) is 9.95. The molecule has 0 radical (unpaired) electrons. The summed E-state index contributed by atoms with van der Waals surface area (Å²) in [4.78, 5) is 12.7. The average Bonchev–Trinajstić information content (AvgIpc) is 2.87. The van der Waals surface area contributed by atoms with Gasteiger partial charge in [0, 0.05) is 11.0 Å². The fourth-order valence-corrected chi connectivity index (χ4v) is 2.44. The van der Waals surface area contributed by atoms with Crippen LogP contribution in [0.5, 0.6) is 0 Å². The molecule has 0 fully saturated rings. The monoisotopic (exact) mass is 281 g/mol. The Morgan fingerprint density at radius 3 is 2.83 bits per heavy atom. The van der Waals surface area contributed by atoms with Crippen LogP contribution in [-0.4, -0.2) is 16.1 Å². The van der Waals surface area contributed by atoms with Crippen LogP contribution in [0.15, 0.2) is 18.2 Å². The molecular weight excluding hydrogens is 270 g/mol. The zero-order valence-corrected chi connectivity index (χ0v) is 11.5. The SMILES string of the molecule is Cc1n[nH]c(C)c1NC(=O)/C=C/c1ccc(Cl)s1. The van der Waals surface area contributed by atoms with Gasteiger partial charge in [-0.15, -0.1) is 11.3 Å². The molecule has 0 saturated carbocycles. The number of aromatic amines is 1. The third kappa shape index (κ3) is 3.00. The van der Waals surface area contributed by atoms with Crippen molar-refractivity contribution in [2.24, 2.45) is 0 Å². The van der Waals surface area contributed by atoms with Gasteiger partial charge >= 0.3 is 0 Å². The van der Waals surface area contributed by atoms with Crippen LogP contribution in [0.4, 0.5) is 5.69 Å². The van der Waals surface area contributed by atoms with Crippen molar-refractivity contribution in [1.82, 2.24) is 10.2 Å². The van der Waals surface area contributed by atoms with Gasteiger partial charge < -0.3 is 5.32 Å². The lowest BCUT2D eigenvalue weighted by atomic mass is 10.3. The van der Waals surface area contributed by atoms with E-state index in [1.165, 1.54) is 17.4 Å². The molecule has 2 rings (SSSR count). The Morgan fingerprint density at radius 2 is 2.28 bits per heavy atom. The molecule has 1 amide bonds. The Balaban J connectivity index is 2.03. The van der Waals surface area contributed by atoms with Crippen LogP contribution in [0.25, 0.3) is 6.08 Å². The quantitative estimate of drug-likeness (QED) is 0.847. The number of anilines is 1. The highest BCUT2D eigenvalue weighted by Crippen LogP contribution is 2.22. The number of aryl methyl sites for hydroxylation is 2. The molecule has 0 aliphatic heterocycles. The summed E-state index contributed by atoms with van der Waals surface area (Å²) in [6.45, 7) is 3.69. The lowest BCUT2D eigenvalue weighted by Gasteiger charge is -2.00. The fraction of sp³-hybridized carbons (Fsp3) is 0.167. The molecule has 6 heteroatoms. The molecule has 0 aliphatic carbocycles. The van der Waals surface area contributed by atoms with Crippen molar-refractivity contribution < 1.29 is 4.79 Å². The van der Waals surface area contributed by atoms with Crippen LogP contribution < -0.4 is 5.32 Å². The van der Waals surface area contributed by atoms with Gasteiger partial charge in [-0.25, -0.2) is 0 Å². The maximum Gasteiger partial charge on any atom is 0.248 e. The highest BCUT2D eigenvalue weighted by molar-refractivity contribution is 7.17. The van der Waals surface area contributed by atoms with Gasteiger partial charge in [0.1, 0.15) is 0 Å². The van der Waals surface area contributed by atoms with Crippen LogP contribution in [-0.2, 0) is 4.79 Å². The molecule has 2 aromatic heterocycles. The molecule has 2 aromatic rings. The summed E-state index contributed by atoms with van der Waals surface area (Å²) < 4.78 is 0.705. The smallest absolute Gasteiger partial charge is 0.248 e. The molecule has 0 bridgehead atoms. The Bertz CT molecular complexity index is 581. The molecule has 0 unspecified atom stereocenters. The number of halogens is 1. The number of thiophene rings is 1. The van der Waals surface area contributed by atoms with Gasteiger partial charge in [0.15, 0.2) is 0 Å². The van der Waals surface area contributed by atoms with Crippen molar-refractivity contribution in [1.29, 1.82) is 0 Å². The first-order chi connectivity index (χ1) is 8.56. The summed E-state index contributed by atoms with van der Waals surface area (Å²) >= 11 is 7.23. The Labute approximate surface area is 114 Å². The molecule has 4 nitrogen and oxygen atoms in total. The third-order valence-corrected chi connectivity index (χ3v) is 3.57. The van der Waals surface area contributed by atoms with E-state index >= 15 is 0 Å². The maximum absolute atomic E-state index is 11.7. The number of nitrogens with zero attached hydrogens (tertiary/aromatic N) is 1. The minimum atomic E-state index is -0.188. The molecule has 2 N–H and O–H groups in total. The number of nitrogens with one attached hydrogen (secondary N) is 2. The molecule has 0 aliphatic rings. The van der Waals surface area contributed by atoms with Crippen LogP contribution in [0, 0.1) is 13.8 Å². The first-order valence-electron chi connectivity index (χ1n) is 5.32. The largest absolute Gasteiger partial charge is 0.319 e. The van der Waals surface area contributed by atoms with E-state index < -0.39 is 0 Å². The van der Waals surface area contributed by atoms with Gasteiger partial charge in [0.05, 0.1) is 21.4 Å². The number of aromatic nitrogens is 2. The number of carbonyl (C=O) groups excluding carboxylic acids is 1. The second-order valence-electron chi connectivity index (χ2n) is 3.77. The predicted molar refractivity (Wildman–Crippen MR) is 75.1 cm³/mol. The van der Waals surface area contributed by atoms with Crippen molar-refractivity contribution in [3.05, 3.63) is 38.8 Å². The number of rotatable bonds is 3. The van der Waals surface area contributed by atoms with Gasteiger partial charge in [-0.2, -0.15) is 5.10 Å². The number of hydrogen-bond acceptors (Lipinski definition) is 3. The van der Waals surface area contributed by atoms with E-state index in [1.54, 1.807) is 12.1 Å². The molecule has 2 heterocycles. The molecule has 0 atom stereocenters. The minimum Gasteiger partial charge on any atom is -0.319 e. The van der Waals surface area contributed by atoms with E-state index in [0.717, 1.165) is 22.0 Å². The van der Waals surface area contributed by atoms with E-state index in [2.05, 4.69) is 15.5 Å². The van der Waals surface area contributed by atoms with E-state index in [4.69, 9.17) is 11.6 Å². The van der Waals surface area contributed by atoms with Gasteiger partial charge in [-0.1, -0.05) is 11.6 Å². The molecular formula is C12H12ClN3OS. The van der Waals surface area contributed by atoms with Gasteiger partial charge in [0.2, 0.25) is 5.91 Å². The lowest BCUT2D eigenvalue weighted by molar-refractivity contribution is -0.111. The summed E-state index contributed by atoms with van der Waals surface area (Å²) in [6.07, 6.45) is 3.21. The summed E-state index contributed by atoms with van der Waals surface area (Å²) in [5, 5.41) is 9.61. The predicted octanol–water partition coefficient (Wildman–Crippen LogP) is 3.39. The van der Waals surface area contributed by atoms with Crippen molar-refractivity contribution in [3.8, 4) is 0 Å².